The van der Waals surface area contributed by atoms with Crippen molar-refractivity contribution >= 4 is 11.7 Å². The SMILES string of the molecule is CC1(CNC(=O)C(/C(N)=N/O)c2ccccc2)CCCO1. The Kier molecular flexibility index (Phi) is 4.80. The summed E-state index contributed by atoms with van der Waals surface area (Å²) in [5.41, 5.74) is 6.03. The quantitative estimate of drug-likeness (QED) is 0.329. The van der Waals surface area contributed by atoms with Crippen LogP contribution in [0.25, 0.3) is 0 Å². The zero-order chi connectivity index (χ0) is 15.3. The van der Waals surface area contributed by atoms with Crippen molar-refractivity contribution in [3.63, 3.8) is 0 Å². The first-order valence-electron chi connectivity index (χ1n) is 7.00. The molecule has 0 bridgehead atoms. The number of ether oxygens (including phenoxy) is 1. The van der Waals surface area contributed by atoms with Gasteiger partial charge in [0.15, 0.2) is 5.84 Å². The van der Waals surface area contributed by atoms with E-state index in [1.807, 2.05) is 25.1 Å². The highest BCUT2D eigenvalue weighted by molar-refractivity contribution is 6.07. The summed E-state index contributed by atoms with van der Waals surface area (Å²) in [6.45, 7) is 3.10. The molecule has 0 saturated carbocycles. The van der Waals surface area contributed by atoms with Gasteiger partial charge in [-0.15, -0.1) is 0 Å². The van der Waals surface area contributed by atoms with Crippen LogP contribution in [0, 0.1) is 0 Å². The van der Waals surface area contributed by atoms with E-state index in [2.05, 4.69) is 10.5 Å². The van der Waals surface area contributed by atoms with Crippen LogP contribution in [-0.2, 0) is 9.53 Å². The van der Waals surface area contributed by atoms with E-state index < -0.39 is 5.92 Å². The zero-order valence-electron chi connectivity index (χ0n) is 12.1. The normalized spacial score (nSPS) is 23.8. The number of nitrogens with two attached hydrogens (primary N) is 1. The Morgan fingerprint density at radius 3 is 2.81 bits per heavy atom. The molecule has 0 aromatic heterocycles. The van der Waals surface area contributed by atoms with Gasteiger partial charge in [-0.05, 0) is 25.3 Å². The molecule has 1 heterocycles. The Bertz CT molecular complexity index is 510. The second-order valence-electron chi connectivity index (χ2n) is 5.49. The molecule has 1 aliphatic rings. The van der Waals surface area contributed by atoms with Crippen molar-refractivity contribution in [2.24, 2.45) is 10.9 Å². The Morgan fingerprint density at radius 2 is 2.24 bits per heavy atom. The minimum absolute atomic E-state index is 0.129. The number of oxime groups is 1. The van der Waals surface area contributed by atoms with Gasteiger partial charge in [0.25, 0.3) is 0 Å². The summed E-state index contributed by atoms with van der Waals surface area (Å²) < 4.78 is 5.64. The number of carbonyl (C=O) groups is 1. The fourth-order valence-corrected chi connectivity index (χ4v) is 2.51. The number of carbonyl (C=O) groups excluding carboxylic acids is 1. The standard InChI is InChI=1S/C15H21N3O3/c1-15(8-5-9-21-15)10-17-14(19)12(13(16)18-20)11-6-3-2-4-7-11/h2-4,6-7,12,20H,5,8-10H2,1H3,(H2,16,18)(H,17,19). The minimum atomic E-state index is -0.804. The van der Waals surface area contributed by atoms with Gasteiger partial charge >= 0.3 is 0 Å². The number of rotatable bonds is 5. The molecule has 6 heteroatoms. The molecule has 0 spiro atoms. The summed E-state index contributed by atoms with van der Waals surface area (Å²) in [4.78, 5) is 12.4. The molecule has 1 aromatic rings. The number of hydrogen-bond acceptors (Lipinski definition) is 4. The number of amides is 1. The summed E-state index contributed by atoms with van der Waals surface area (Å²) in [6.07, 6.45) is 1.90. The Hall–Kier alpha value is -2.08. The van der Waals surface area contributed by atoms with E-state index in [1.54, 1.807) is 12.1 Å². The van der Waals surface area contributed by atoms with Crippen molar-refractivity contribution < 1.29 is 14.7 Å². The Balaban J connectivity index is 2.08. The van der Waals surface area contributed by atoms with E-state index in [0.717, 1.165) is 12.8 Å². The summed E-state index contributed by atoms with van der Waals surface area (Å²) in [6, 6.07) is 9.01. The molecule has 21 heavy (non-hydrogen) atoms. The lowest BCUT2D eigenvalue weighted by Gasteiger charge is -2.25. The second-order valence-corrected chi connectivity index (χ2v) is 5.49. The number of hydrogen-bond donors (Lipinski definition) is 3. The third kappa shape index (κ3) is 3.72. The first-order valence-corrected chi connectivity index (χ1v) is 7.00. The van der Waals surface area contributed by atoms with Gasteiger partial charge in [-0.3, -0.25) is 4.79 Å². The molecule has 1 amide bonds. The Labute approximate surface area is 124 Å². The van der Waals surface area contributed by atoms with Gasteiger partial charge in [-0.25, -0.2) is 0 Å². The lowest BCUT2D eigenvalue weighted by Crippen LogP contribution is -2.44. The van der Waals surface area contributed by atoms with Crippen LogP contribution in [0.2, 0.25) is 0 Å². The lowest BCUT2D eigenvalue weighted by atomic mass is 9.96. The summed E-state index contributed by atoms with van der Waals surface area (Å²) >= 11 is 0. The molecule has 2 rings (SSSR count). The fourth-order valence-electron chi connectivity index (χ4n) is 2.51. The smallest absolute Gasteiger partial charge is 0.235 e. The molecule has 114 valence electrons. The number of benzene rings is 1. The summed E-state index contributed by atoms with van der Waals surface area (Å²) in [7, 11) is 0. The average Bonchev–Trinajstić information content (AvgIpc) is 2.93. The highest BCUT2D eigenvalue weighted by Crippen LogP contribution is 2.24. The molecule has 2 unspecified atom stereocenters. The predicted molar refractivity (Wildman–Crippen MR) is 79.2 cm³/mol. The van der Waals surface area contributed by atoms with E-state index >= 15 is 0 Å². The highest BCUT2D eigenvalue weighted by Gasteiger charge is 2.32. The molecule has 6 nitrogen and oxygen atoms in total. The second kappa shape index (κ2) is 6.58. The summed E-state index contributed by atoms with van der Waals surface area (Å²) in [5.74, 6) is -1.23. The van der Waals surface area contributed by atoms with Crippen molar-refractivity contribution in [1.82, 2.24) is 5.32 Å². The minimum Gasteiger partial charge on any atom is -0.409 e. The van der Waals surface area contributed by atoms with Gasteiger partial charge in [0, 0.05) is 13.2 Å². The molecule has 2 atom stereocenters. The Morgan fingerprint density at radius 1 is 1.52 bits per heavy atom. The van der Waals surface area contributed by atoms with Crippen LogP contribution in [0.5, 0.6) is 0 Å². The van der Waals surface area contributed by atoms with E-state index in [1.165, 1.54) is 0 Å². The third-order valence-corrected chi connectivity index (χ3v) is 3.74. The molecule has 0 radical (unpaired) electrons. The van der Waals surface area contributed by atoms with Crippen LogP contribution >= 0.6 is 0 Å². The third-order valence-electron chi connectivity index (χ3n) is 3.74. The largest absolute Gasteiger partial charge is 0.409 e. The lowest BCUT2D eigenvalue weighted by molar-refractivity contribution is -0.122. The van der Waals surface area contributed by atoms with E-state index in [4.69, 9.17) is 15.7 Å². The molecule has 1 saturated heterocycles. The van der Waals surface area contributed by atoms with E-state index in [-0.39, 0.29) is 17.3 Å². The van der Waals surface area contributed by atoms with Gasteiger partial charge in [-0.1, -0.05) is 35.5 Å². The van der Waals surface area contributed by atoms with Crippen LogP contribution in [-0.4, -0.2) is 35.7 Å². The van der Waals surface area contributed by atoms with Gasteiger partial charge in [0.1, 0.15) is 5.92 Å². The van der Waals surface area contributed by atoms with Gasteiger partial charge < -0.3 is 21.0 Å². The molecule has 1 aromatic carbocycles. The fraction of sp³-hybridized carbons (Fsp3) is 0.467. The number of amidine groups is 1. The first-order chi connectivity index (χ1) is 10.1. The zero-order valence-corrected chi connectivity index (χ0v) is 12.1. The van der Waals surface area contributed by atoms with Crippen molar-refractivity contribution in [3.8, 4) is 0 Å². The number of nitrogens with one attached hydrogen (secondary N) is 1. The average molecular weight is 291 g/mol. The highest BCUT2D eigenvalue weighted by atomic mass is 16.5. The topological polar surface area (TPSA) is 96.9 Å². The van der Waals surface area contributed by atoms with Crippen LogP contribution in [0.4, 0.5) is 0 Å². The maximum Gasteiger partial charge on any atom is 0.235 e. The predicted octanol–water partition coefficient (Wildman–Crippen LogP) is 1.20. The van der Waals surface area contributed by atoms with Gasteiger partial charge in [0.05, 0.1) is 5.60 Å². The van der Waals surface area contributed by atoms with Crippen molar-refractivity contribution in [3.05, 3.63) is 35.9 Å². The van der Waals surface area contributed by atoms with Crippen molar-refractivity contribution in [1.29, 1.82) is 0 Å². The maximum atomic E-state index is 12.4. The van der Waals surface area contributed by atoms with Gasteiger partial charge in [-0.2, -0.15) is 0 Å². The van der Waals surface area contributed by atoms with Crippen molar-refractivity contribution in [2.75, 3.05) is 13.2 Å². The van der Waals surface area contributed by atoms with Gasteiger partial charge in [0.2, 0.25) is 5.91 Å². The van der Waals surface area contributed by atoms with E-state index in [0.29, 0.717) is 18.7 Å². The van der Waals surface area contributed by atoms with Crippen molar-refractivity contribution in [2.45, 2.75) is 31.3 Å². The molecule has 1 fully saturated rings. The van der Waals surface area contributed by atoms with Crippen LogP contribution in [0.1, 0.15) is 31.2 Å². The molecular formula is C15H21N3O3. The molecule has 0 aliphatic carbocycles. The summed E-state index contributed by atoms with van der Waals surface area (Å²) in [5, 5.41) is 14.7. The molecule has 4 N–H and O–H groups in total. The van der Waals surface area contributed by atoms with E-state index in [9.17, 15) is 4.79 Å². The number of nitrogens with zero attached hydrogens (tertiary/aromatic N) is 1. The van der Waals surface area contributed by atoms with Crippen LogP contribution < -0.4 is 11.1 Å². The van der Waals surface area contributed by atoms with Crippen LogP contribution in [0.15, 0.2) is 35.5 Å². The molecular weight excluding hydrogens is 270 g/mol. The maximum absolute atomic E-state index is 12.4. The monoisotopic (exact) mass is 291 g/mol. The molecule has 1 aliphatic heterocycles. The van der Waals surface area contributed by atoms with Crippen LogP contribution in [0.3, 0.4) is 0 Å². The first kappa shape index (κ1) is 15.3.